The average Bonchev–Trinajstić information content (AvgIpc) is 3.05. The summed E-state index contributed by atoms with van der Waals surface area (Å²) in [5, 5.41) is 4.17. The quantitative estimate of drug-likeness (QED) is 0.907. The molecule has 21 heavy (non-hydrogen) atoms. The van der Waals surface area contributed by atoms with E-state index >= 15 is 0 Å². The highest BCUT2D eigenvalue weighted by Gasteiger charge is 2.32. The molecule has 0 radical (unpaired) electrons. The largest absolute Gasteiger partial charge is 0.361 e. The Labute approximate surface area is 122 Å². The first kappa shape index (κ1) is 13.6. The highest BCUT2D eigenvalue weighted by Crippen LogP contribution is 2.31. The topological polar surface area (TPSA) is 71.0 Å². The lowest BCUT2D eigenvalue weighted by molar-refractivity contribution is 0.0726. The summed E-state index contributed by atoms with van der Waals surface area (Å²) in [6, 6.07) is 4.79. The van der Waals surface area contributed by atoms with Gasteiger partial charge in [-0.15, -0.1) is 0 Å². The van der Waals surface area contributed by atoms with Gasteiger partial charge >= 0.3 is 0 Å². The van der Waals surface area contributed by atoms with Crippen molar-refractivity contribution in [1.82, 2.24) is 19.7 Å². The molecular formula is C15H18N4O2. The van der Waals surface area contributed by atoms with E-state index in [1.54, 1.807) is 41.0 Å². The van der Waals surface area contributed by atoms with E-state index < -0.39 is 0 Å². The molecule has 3 rings (SSSR count). The minimum Gasteiger partial charge on any atom is -0.361 e. The van der Waals surface area contributed by atoms with Crippen LogP contribution in [-0.2, 0) is 7.05 Å². The number of aromatic nitrogens is 3. The first-order valence-electron chi connectivity index (χ1n) is 7.06. The fourth-order valence-electron chi connectivity index (χ4n) is 2.90. The number of nitrogens with one attached hydrogen (secondary N) is 1. The lowest BCUT2D eigenvalue weighted by Crippen LogP contribution is -2.32. The predicted molar refractivity (Wildman–Crippen MR) is 78.0 cm³/mol. The lowest BCUT2D eigenvalue weighted by Gasteiger charge is -2.24. The smallest absolute Gasteiger partial charge is 0.274 e. The van der Waals surface area contributed by atoms with Crippen LogP contribution < -0.4 is 5.43 Å². The molecule has 2 aromatic heterocycles. The van der Waals surface area contributed by atoms with Crippen LogP contribution in [0.2, 0.25) is 0 Å². The molecule has 6 nitrogen and oxygen atoms in total. The molecule has 1 amide bonds. The highest BCUT2D eigenvalue weighted by atomic mass is 16.2. The number of carbonyl (C=O) groups excluding carboxylic acids is 1. The average molecular weight is 286 g/mol. The van der Waals surface area contributed by atoms with Crippen molar-refractivity contribution in [2.24, 2.45) is 7.05 Å². The molecule has 1 saturated heterocycles. The van der Waals surface area contributed by atoms with Gasteiger partial charge in [0.2, 0.25) is 0 Å². The predicted octanol–water partition coefficient (Wildman–Crippen LogP) is 1.39. The summed E-state index contributed by atoms with van der Waals surface area (Å²) in [5.41, 5.74) is 2.04. The molecule has 3 heterocycles. The van der Waals surface area contributed by atoms with E-state index in [1.807, 2.05) is 6.92 Å². The van der Waals surface area contributed by atoms with Gasteiger partial charge in [0.15, 0.2) is 5.43 Å². The molecule has 1 atom stereocenters. The Kier molecular flexibility index (Phi) is 3.37. The molecule has 1 N–H and O–H groups in total. The molecule has 0 bridgehead atoms. The molecular weight excluding hydrogens is 268 g/mol. The second-order valence-electron chi connectivity index (χ2n) is 5.49. The minimum atomic E-state index is -0.0829. The van der Waals surface area contributed by atoms with E-state index in [2.05, 4.69) is 10.1 Å². The van der Waals surface area contributed by atoms with E-state index in [4.69, 9.17) is 0 Å². The Morgan fingerprint density at radius 2 is 2.24 bits per heavy atom. The molecule has 110 valence electrons. The third-order valence-electron chi connectivity index (χ3n) is 3.80. The Balaban J connectivity index is 1.92. The van der Waals surface area contributed by atoms with Crippen molar-refractivity contribution < 1.29 is 4.79 Å². The maximum Gasteiger partial charge on any atom is 0.274 e. The van der Waals surface area contributed by atoms with E-state index in [0.717, 1.165) is 24.2 Å². The van der Waals surface area contributed by atoms with Crippen LogP contribution in [0.1, 0.15) is 40.8 Å². The molecule has 1 aliphatic rings. The van der Waals surface area contributed by atoms with Crippen LogP contribution in [0.15, 0.2) is 29.2 Å². The number of hydrogen-bond acceptors (Lipinski definition) is 3. The van der Waals surface area contributed by atoms with Crippen molar-refractivity contribution in [1.29, 1.82) is 0 Å². The zero-order chi connectivity index (χ0) is 15.0. The van der Waals surface area contributed by atoms with Gasteiger partial charge in [0.05, 0.1) is 6.04 Å². The fraction of sp³-hybridized carbons (Fsp3) is 0.400. The van der Waals surface area contributed by atoms with Crippen LogP contribution in [0.3, 0.4) is 0 Å². The highest BCUT2D eigenvalue weighted by molar-refractivity contribution is 5.92. The first-order valence-corrected chi connectivity index (χ1v) is 7.06. The molecule has 2 aromatic rings. The number of aromatic amines is 1. The van der Waals surface area contributed by atoms with Crippen LogP contribution in [0, 0.1) is 6.92 Å². The minimum absolute atomic E-state index is 0.0293. The maximum absolute atomic E-state index is 12.6. The van der Waals surface area contributed by atoms with E-state index in [9.17, 15) is 9.59 Å². The van der Waals surface area contributed by atoms with Crippen LogP contribution in [0.5, 0.6) is 0 Å². The van der Waals surface area contributed by atoms with Crippen molar-refractivity contribution in [2.45, 2.75) is 25.8 Å². The summed E-state index contributed by atoms with van der Waals surface area (Å²) in [4.78, 5) is 29.3. The lowest BCUT2D eigenvalue weighted by atomic mass is 10.1. The molecule has 0 spiro atoms. The molecule has 0 unspecified atom stereocenters. The second kappa shape index (κ2) is 5.20. The van der Waals surface area contributed by atoms with E-state index in [0.29, 0.717) is 12.2 Å². The van der Waals surface area contributed by atoms with Gasteiger partial charge in [-0.1, -0.05) is 0 Å². The number of hydrogen-bond donors (Lipinski definition) is 1. The summed E-state index contributed by atoms with van der Waals surface area (Å²) in [6.07, 6.45) is 3.55. The number of nitrogens with zero attached hydrogens (tertiary/aromatic N) is 3. The van der Waals surface area contributed by atoms with Crippen molar-refractivity contribution in [3.63, 3.8) is 0 Å². The number of pyridine rings is 1. The number of aryl methyl sites for hydroxylation is 2. The summed E-state index contributed by atoms with van der Waals surface area (Å²) in [7, 11) is 1.79. The SMILES string of the molecule is Cc1cc(=O)cc([C@H]2CCCN2C(=O)c2ccn(C)n2)[nH]1. The Hall–Kier alpha value is -2.37. The maximum atomic E-state index is 12.6. The van der Waals surface area contributed by atoms with Gasteiger partial charge in [-0.25, -0.2) is 0 Å². The van der Waals surface area contributed by atoms with Crippen molar-refractivity contribution in [2.75, 3.05) is 6.54 Å². The van der Waals surface area contributed by atoms with E-state index in [-0.39, 0.29) is 17.4 Å². The fourth-order valence-corrected chi connectivity index (χ4v) is 2.90. The van der Waals surface area contributed by atoms with Crippen LogP contribution >= 0.6 is 0 Å². The second-order valence-corrected chi connectivity index (χ2v) is 5.49. The van der Waals surface area contributed by atoms with Crippen molar-refractivity contribution in [3.8, 4) is 0 Å². The van der Waals surface area contributed by atoms with Gasteiger partial charge < -0.3 is 9.88 Å². The monoisotopic (exact) mass is 286 g/mol. The zero-order valence-electron chi connectivity index (χ0n) is 12.2. The van der Waals surface area contributed by atoms with Gasteiger partial charge in [-0.05, 0) is 25.8 Å². The molecule has 0 aromatic carbocycles. The molecule has 0 saturated carbocycles. The van der Waals surface area contributed by atoms with Crippen LogP contribution in [0.4, 0.5) is 0 Å². The molecule has 0 aliphatic carbocycles. The van der Waals surface area contributed by atoms with E-state index in [1.165, 1.54) is 0 Å². The third-order valence-corrected chi connectivity index (χ3v) is 3.80. The standard InChI is InChI=1S/C15H18N4O2/c1-10-8-11(20)9-13(16-10)14-4-3-6-19(14)15(21)12-5-7-18(2)17-12/h5,7-9,14H,3-4,6H2,1-2H3,(H,16,20)/t14-/m1/s1. The molecule has 6 heteroatoms. The van der Waals surface area contributed by atoms with Gasteiger partial charge in [-0.2, -0.15) is 5.10 Å². The van der Waals surface area contributed by atoms with Crippen molar-refractivity contribution >= 4 is 5.91 Å². The summed E-state index contributed by atoms with van der Waals surface area (Å²) < 4.78 is 1.62. The Morgan fingerprint density at radius 1 is 1.43 bits per heavy atom. The first-order chi connectivity index (χ1) is 10.0. The van der Waals surface area contributed by atoms with Crippen molar-refractivity contribution in [3.05, 3.63) is 51.7 Å². The van der Waals surface area contributed by atoms with Gasteiger partial charge in [0.1, 0.15) is 5.69 Å². The van der Waals surface area contributed by atoms with Gasteiger partial charge in [0.25, 0.3) is 5.91 Å². The van der Waals surface area contributed by atoms with Crippen LogP contribution in [-0.4, -0.2) is 32.1 Å². The van der Waals surface area contributed by atoms with Gasteiger partial charge in [-0.3, -0.25) is 14.3 Å². The number of amides is 1. The molecule has 1 aliphatic heterocycles. The number of rotatable bonds is 2. The Morgan fingerprint density at radius 3 is 2.90 bits per heavy atom. The molecule has 1 fully saturated rings. The summed E-state index contributed by atoms with van der Waals surface area (Å²) >= 11 is 0. The van der Waals surface area contributed by atoms with Gasteiger partial charge in [0, 0.05) is 43.3 Å². The normalized spacial score (nSPS) is 18.2. The van der Waals surface area contributed by atoms with Crippen LogP contribution in [0.25, 0.3) is 0 Å². The number of carbonyl (C=O) groups is 1. The summed E-state index contributed by atoms with van der Waals surface area (Å²) in [6.45, 7) is 2.54. The number of H-pyrrole nitrogens is 1. The summed E-state index contributed by atoms with van der Waals surface area (Å²) in [5.74, 6) is -0.0829. The Bertz CT molecular complexity index is 731. The zero-order valence-corrected chi connectivity index (χ0v) is 12.2. The number of likely N-dealkylation sites (tertiary alicyclic amines) is 1. The third kappa shape index (κ3) is 2.61.